The van der Waals surface area contributed by atoms with E-state index in [1.807, 2.05) is 0 Å². The molecule has 1 aromatic rings. The fourth-order valence-electron chi connectivity index (χ4n) is 1.75. The molecule has 1 aliphatic heterocycles. The van der Waals surface area contributed by atoms with Crippen LogP contribution in [0.3, 0.4) is 0 Å². The van der Waals surface area contributed by atoms with Gasteiger partial charge in [0.05, 0.1) is 18.1 Å². The number of Topliss-reactive ketones (excluding diaryl/α,β-unsaturated/α-hetero) is 1. The molecule has 0 aliphatic carbocycles. The zero-order chi connectivity index (χ0) is 13.9. The maximum Gasteiger partial charge on any atom is 0.253 e. The highest BCUT2D eigenvalue weighted by Gasteiger charge is 2.20. The van der Waals surface area contributed by atoms with Gasteiger partial charge in [0.15, 0.2) is 5.78 Å². The highest BCUT2D eigenvalue weighted by Crippen LogP contribution is 2.11. The van der Waals surface area contributed by atoms with Gasteiger partial charge >= 0.3 is 0 Å². The molecular weight excluding hydrogens is 268 g/mol. The lowest BCUT2D eigenvalue weighted by Crippen LogP contribution is -2.48. The molecule has 0 atom stereocenters. The minimum Gasteiger partial charge on any atom is -0.379 e. The van der Waals surface area contributed by atoms with Crippen molar-refractivity contribution in [3.63, 3.8) is 0 Å². The summed E-state index contributed by atoms with van der Waals surface area (Å²) in [5.41, 5.74) is 0.491. The fraction of sp³-hybridized carbons (Fsp3) is 0.417. The largest absolute Gasteiger partial charge is 0.379 e. The Labute approximate surface area is 112 Å². The molecule has 1 aromatic carbocycles. The fourth-order valence-corrected chi connectivity index (χ4v) is 2.87. The second-order valence-electron chi connectivity index (χ2n) is 4.27. The Balaban J connectivity index is 2.12. The van der Waals surface area contributed by atoms with Gasteiger partial charge in [0, 0.05) is 18.7 Å². The van der Waals surface area contributed by atoms with Crippen molar-refractivity contribution < 1.29 is 17.9 Å². The van der Waals surface area contributed by atoms with E-state index >= 15 is 0 Å². The van der Waals surface area contributed by atoms with E-state index < -0.39 is 10.0 Å². The molecule has 1 N–H and O–H groups in total. The zero-order valence-corrected chi connectivity index (χ0v) is 11.4. The molecular formula is C12H16N2O4S. The third kappa shape index (κ3) is 3.60. The summed E-state index contributed by atoms with van der Waals surface area (Å²) < 4.78 is 29.4. The number of nitrogens with zero attached hydrogens (tertiary/aromatic N) is 1. The van der Waals surface area contributed by atoms with Crippen LogP contribution in [0.4, 0.5) is 0 Å². The lowest BCUT2D eigenvalue weighted by Gasteiger charge is -2.26. The Kier molecular flexibility index (Phi) is 4.31. The molecule has 1 heterocycles. The summed E-state index contributed by atoms with van der Waals surface area (Å²) in [6, 6.07) is 5.88. The standard InChI is InChI=1S/C12H16N2O4S/c1-10(15)11-2-4-12(5-3-11)19(16,17)13-14-6-8-18-9-7-14/h2-5,13H,6-9H2,1H3. The Morgan fingerprint density at radius 3 is 2.32 bits per heavy atom. The summed E-state index contributed by atoms with van der Waals surface area (Å²) >= 11 is 0. The van der Waals surface area contributed by atoms with E-state index in [1.54, 1.807) is 5.01 Å². The number of carbonyl (C=O) groups excluding carboxylic acids is 1. The van der Waals surface area contributed by atoms with Crippen molar-refractivity contribution >= 4 is 15.8 Å². The summed E-state index contributed by atoms with van der Waals surface area (Å²) in [6.45, 7) is 3.49. The van der Waals surface area contributed by atoms with E-state index in [1.165, 1.54) is 31.2 Å². The topological polar surface area (TPSA) is 75.7 Å². The average Bonchev–Trinajstić information content (AvgIpc) is 2.39. The van der Waals surface area contributed by atoms with E-state index in [0.29, 0.717) is 31.9 Å². The number of hydrogen-bond acceptors (Lipinski definition) is 5. The van der Waals surface area contributed by atoms with Gasteiger partial charge in [-0.15, -0.1) is 4.83 Å². The number of ether oxygens (including phenoxy) is 1. The number of hydrazine groups is 1. The maximum absolute atomic E-state index is 12.1. The molecule has 0 spiro atoms. The first-order valence-electron chi connectivity index (χ1n) is 5.95. The summed E-state index contributed by atoms with van der Waals surface area (Å²) in [4.78, 5) is 13.8. The van der Waals surface area contributed by atoms with Crippen molar-refractivity contribution in [2.45, 2.75) is 11.8 Å². The predicted octanol–water partition coefficient (Wildman–Crippen LogP) is 0.415. The Morgan fingerprint density at radius 2 is 1.79 bits per heavy atom. The number of rotatable bonds is 4. The van der Waals surface area contributed by atoms with Gasteiger partial charge in [0.2, 0.25) is 0 Å². The first-order valence-corrected chi connectivity index (χ1v) is 7.43. The average molecular weight is 284 g/mol. The van der Waals surface area contributed by atoms with Gasteiger partial charge in [-0.25, -0.2) is 13.4 Å². The number of carbonyl (C=O) groups is 1. The molecule has 104 valence electrons. The summed E-state index contributed by atoms with van der Waals surface area (Å²) in [5, 5.41) is 1.61. The number of sulfonamides is 1. The van der Waals surface area contributed by atoms with Crippen molar-refractivity contribution in [1.29, 1.82) is 0 Å². The van der Waals surface area contributed by atoms with Gasteiger partial charge in [-0.2, -0.15) is 0 Å². The molecule has 1 saturated heterocycles. The second-order valence-corrected chi connectivity index (χ2v) is 5.94. The van der Waals surface area contributed by atoms with Crippen LogP contribution in [0.15, 0.2) is 29.2 Å². The molecule has 19 heavy (non-hydrogen) atoms. The first kappa shape index (κ1) is 14.1. The molecule has 2 rings (SSSR count). The highest BCUT2D eigenvalue weighted by molar-refractivity contribution is 7.89. The summed E-state index contributed by atoms with van der Waals surface area (Å²) in [5.74, 6) is -0.0925. The lowest BCUT2D eigenvalue weighted by molar-refractivity contribution is 0.0272. The number of morpholine rings is 1. The molecule has 1 fully saturated rings. The van der Waals surface area contributed by atoms with E-state index in [9.17, 15) is 13.2 Å². The number of ketones is 1. The molecule has 1 aliphatic rings. The van der Waals surface area contributed by atoms with Crippen LogP contribution >= 0.6 is 0 Å². The van der Waals surface area contributed by atoms with Crippen LogP contribution in [0.2, 0.25) is 0 Å². The quantitative estimate of drug-likeness (QED) is 0.811. The molecule has 0 radical (unpaired) electrons. The highest BCUT2D eigenvalue weighted by atomic mass is 32.2. The van der Waals surface area contributed by atoms with E-state index in [-0.39, 0.29) is 10.7 Å². The lowest BCUT2D eigenvalue weighted by atomic mass is 10.2. The molecule has 0 amide bonds. The van der Waals surface area contributed by atoms with Crippen molar-refractivity contribution in [2.24, 2.45) is 0 Å². The van der Waals surface area contributed by atoms with E-state index in [4.69, 9.17) is 4.74 Å². The van der Waals surface area contributed by atoms with Gasteiger partial charge in [-0.05, 0) is 19.1 Å². The number of hydrogen-bond donors (Lipinski definition) is 1. The second kappa shape index (κ2) is 5.79. The maximum atomic E-state index is 12.1. The molecule has 0 aromatic heterocycles. The number of benzene rings is 1. The van der Waals surface area contributed by atoms with Crippen LogP contribution in [0.5, 0.6) is 0 Å². The first-order chi connectivity index (χ1) is 8.99. The monoisotopic (exact) mass is 284 g/mol. The molecule has 0 unspecified atom stereocenters. The van der Waals surface area contributed by atoms with Crippen LogP contribution in [-0.4, -0.2) is 45.5 Å². The van der Waals surface area contributed by atoms with Crippen LogP contribution < -0.4 is 4.83 Å². The number of nitrogens with one attached hydrogen (secondary N) is 1. The van der Waals surface area contributed by atoms with Gasteiger partial charge in [0.25, 0.3) is 10.0 Å². The Hall–Kier alpha value is -1.28. The minimum absolute atomic E-state index is 0.0925. The van der Waals surface area contributed by atoms with Crippen LogP contribution in [-0.2, 0) is 14.8 Å². The van der Waals surface area contributed by atoms with Gasteiger partial charge in [-0.3, -0.25) is 4.79 Å². The van der Waals surface area contributed by atoms with E-state index in [2.05, 4.69) is 4.83 Å². The SMILES string of the molecule is CC(=O)c1ccc(S(=O)(=O)NN2CCOCC2)cc1. The zero-order valence-electron chi connectivity index (χ0n) is 10.6. The smallest absolute Gasteiger partial charge is 0.253 e. The molecule has 7 heteroatoms. The van der Waals surface area contributed by atoms with E-state index in [0.717, 1.165) is 0 Å². The normalized spacial score (nSPS) is 17.3. The van der Waals surface area contributed by atoms with Gasteiger partial charge < -0.3 is 4.74 Å². The molecule has 6 nitrogen and oxygen atoms in total. The van der Waals surface area contributed by atoms with Crippen LogP contribution in [0, 0.1) is 0 Å². The third-order valence-electron chi connectivity index (χ3n) is 2.83. The van der Waals surface area contributed by atoms with Crippen molar-refractivity contribution in [3.8, 4) is 0 Å². The minimum atomic E-state index is -3.59. The third-order valence-corrected chi connectivity index (χ3v) is 4.22. The van der Waals surface area contributed by atoms with Gasteiger partial charge in [0.1, 0.15) is 0 Å². The predicted molar refractivity (Wildman–Crippen MR) is 69.2 cm³/mol. The van der Waals surface area contributed by atoms with Crippen molar-refractivity contribution in [2.75, 3.05) is 26.3 Å². The Morgan fingerprint density at radius 1 is 1.21 bits per heavy atom. The van der Waals surface area contributed by atoms with Crippen molar-refractivity contribution in [1.82, 2.24) is 9.84 Å². The Bertz CT molecular complexity index is 548. The molecule has 0 saturated carbocycles. The van der Waals surface area contributed by atoms with Crippen LogP contribution in [0.1, 0.15) is 17.3 Å². The summed E-state index contributed by atoms with van der Waals surface area (Å²) in [7, 11) is -3.59. The molecule has 0 bridgehead atoms. The van der Waals surface area contributed by atoms with Gasteiger partial charge in [-0.1, -0.05) is 12.1 Å². The van der Waals surface area contributed by atoms with Crippen molar-refractivity contribution in [3.05, 3.63) is 29.8 Å². The van der Waals surface area contributed by atoms with Crippen LogP contribution in [0.25, 0.3) is 0 Å². The summed E-state index contributed by atoms with van der Waals surface area (Å²) in [6.07, 6.45) is 0.